The number of rotatable bonds is 6. The number of carboxylic acids is 1. The molecule has 2 heterocycles. The lowest BCUT2D eigenvalue weighted by atomic mass is 9.99. The van der Waals surface area contributed by atoms with Crippen LogP contribution < -0.4 is 4.74 Å². The maximum absolute atomic E-state index is 11.3. The number of benzene rings is 1. The van der Waals surface area contributed by atoms with E-state index < -0.39 is 5.97 Å². The molecule has 5 nitrogen and oxygen atoms in total. The van der Waals surface area contributed by atoms with Gasteiger partial charge in [-0.2, -0.15) is 0 Å². The standard InChI is InChI=1S/C19H22N2O3.ClH/c1-24-18-7-3-2-5-15(18)13-21-10-8-14(12-21)11-17-16(19(22)23)6-4-9-20-17;/h2-7,9,14H,8,10-13H2,1H3,(H,22,23);1H. The quantitative estimate of drug-likeness (QED) is 0.854. The lowest BCUT2D eigenvalue weighted by Gasteiger charge is -2.18. The zero-order chi connectivity index (χ0) is 16.9. The SMILES string of the molecule is COc1ccccc1CN1CCC(Cc2ncccc2C(=O)O)C1.Cl. The molecule has 1 aromatic carbocycles. The minimum atomic E-state index is -0.901. The average molecular weight is 363 g/mol. The van der Waals surface area contributed by atoms with Crippen LogP contribution in [0.25, 0.3) is 0 Å². The summed E-state index contributed by atoms with van der Waals surface area (Å²) in [7, 11) is 1.69. The number of halogens is 1. The van der Waals surface area contributed by atoms with Crippen LogP contribution in [0.5, 0.6) is 5.75 Å². The topological polar surface area (TPSA) is 62.7 Å². The predicted molar refractivity (Wildman–Crippen MR) is 98.5 cm³/mol. The molecule has 1 aliphatic rings. The Balaban J connectivity index is 0.00000225. The average Bonchev–Trinajstić information content (AvgIpc) is 3.02. The highest BCUT2D eigenvalue weighted by Gasteiger charge is 2.25. The molecule has 0 aliphatic carbocycles. The van der Waals surface area contributed by atoms with E-state index in [1.807, 2.05) is 18.2 Å². The first-order valence-electron chi connectivity index (χ1n) is 8.19. The fraction of sp³-hybridized carbons (Fsp3) is 0.368. The zero-order valence-corrected chi connectivity index (χ0v) is 15.0. The van der Waals surface area contributed by atoms with E-state index in [4.69, 9.17) is 4.74 Å². The van der Waals surface area contributed by atoms with E-state index in [2.05, 4.69) is 16.0 Å². The lowest BCUT2D eigenvalue weighted by molar-refractivity contribution is 0.0695. The molecule has 0 radical (unpaired) electrons. The molecule has 0 amide bonds. The number of ether oxygens (including phenoxy) is 1. The summed E-state index contributed by atoms with van der Waals surface area (Å²) >= 11 is 0. The number of para-hydroxylation sites is 1. The summed E-state index contributed by atoms with van der Waals surface area (Å²) in [6.07, 6.45) is 3.44. The van der Waals surface area contributed by atoms with Gasteiger partial charge < -0.3 is 9.84 Å². The van der Waals surface area contributed by atoms with Crippen molar-refractivity contribution in [2.75, 3.05) is 20.2 Å². The molecule has 6 heteroatoms. The van der Waals surface area contributed by atoms with Gasteiger partial charge >= 0.3 is 5.97 Å². The Kier molecular flexibility index (Phi) is 6.79. The number of aromatic nitrogens is 1. The van der Waals surface area contributed by atoms with Crippen molar-refractivity contribution < 1.29 is 14.6 Å². The molecular formula is C19H23ClN2O3. The van der Waals surface area contributed by atoms with E-state index in [1.54, 1.807) is 25.4 Å². The van der Waals surface area contributed by atoms with Crippen LogP contribution in [-0.2, 0) is 13.0 Å². The third-order valence-electron chi connectivity index (χ3n) is 4.56. The summed E-state index contributed by atoms with van der Waals surface area (Å²) in [6, 6.07) is 11.4. The van der Waals surface area contributed by atoms with Crippen LogP contribution in [0.1, 0.15) is 28.0 Å². The van der Waals surface area contributed by atoms with Crippen molar-refractivity contribution in [1.82, 2.24) is 9.88 Å². The number of aromatic carboxylic acids is 1. The molecule has 1 N–H and O–H groups in total. The second-order valence-electron chi connectivity index (χ2n) is 6.21. The Bertz CT molecular complexity index is 723. The minimum Gasteiger partial charge on any atom is -0.496 e. The van der Waals surface area contributed by atoms with Crippen molar-refractivity contribution in [2.45, 2.75) is 19.4 Å². The van der Waals surface area contributed by atoms with Gasteiger partial charge in [0.15, 0.2) is 0 Å². The molecule has 0 bridgehead atoms. The summed E-state index contributed by atoms with van der Waals surface area (Å²) in [4.78, 5) is 18.0. The van der Waals surface area contributed by atoms with E-state index in [1.165, 1.54) is 5.56 Å². The molecule has 1 atom stereocenters. The second kappa shape index (κ2) is 8.83. The third-order valence-corrected chi connectivity index (χ3v) is 4.56. The smallest absolute Gasteiger partial charge is 0.337 e. The van der Waals surface area contributed by atoms with Crippen molar-refractivity contribution in [3.05, 3.63) is 59.4 Å². The second-order valence-corrected chi connectivity index (χ2v) is 6.21. The van der Waals surface area contributed by atoms with Gasteiger partial charge in [-0.15, -0.1) is 12.4 Å². The van der Waals surface area contributed by atoms with E-state index in [-0.39, 0.29) is 12.4 Å². The number of hydrogen-bond acceptors (Lipinski definition) is 4. The Labute approximate surface area is 154 Å². The summed E-state index contributed by atoms with van der Waals surface area (Å²) in [5.41, 5.74) is 2.19. The lowest BCUT2D eigenvalue weighted by Crippen LogP contribution is -2.21. The maximum Gasteiger partial charge on any atom is 0.337 e. The summed E-state index contributed by atoms with van der Waals surface area (Å²) in [6.45, 7) is 2.82. The predicted octanol–water partition coefficient (Wildman–Crippen LogP) is 3.27. The summed E-state index contributed by atoms with van der Waals surface area (Å²) in [5.74, 6) is 0.452. The fourth-order valence-corrected chi connectivity index (χ4v) is 3.37. The van der Waals surface area contributed by atoms with E-state index in [0.717, 1.165) is 31.8 Å². The largest absolute Gasteiger partial charge is 0.496 e. The molecule has 1 unspecified atom stereocenters. The van der Waals surface area contributed by atoms with Gasteiger partial charge in [0.25, 0.3) is 0 Å². The fourth-order valence-electron chi connectivity index (χ4n) is 3.37. The van der Waals surface area contributed by atoms with E-state index >= 15 is 0 Å². The molecule has 1 aliphatic heterocycles. The number of nitrogens with zero attached hydrogens (tertiary/aromatic N) is 2. The van der Waals surface area contributed by atoms with Crippen LogP contribution in [0.3, 0.4) is 0 Å². The van der Waals surface area contributed by atoms with Crippen molar-refractivity contribution in [2.24, 2.45) is 5.92 Å². The van der Waals surface area contributed by atoms with Gasteiger partial charge in [0.05, 0.1) is 18.4 Å². The number of carbonyl (C=O) groups is 1. The van der Waals surface area contributed by atoms with Crippen molar-refractivity contribution in [1.29, 1.82) is 0 Å². The first-order chi connectivity index (χ1) is 11.7. The minimum absolute atomic E-state index is 0. The van der Waals surface area contributed by atoms with Gasteiger partial charge in [-0.1, -0.05) is 18.2 Å². The summed E-state index contributed by atoms with van der Waals surface area (Å²) in [5, 5.41) is 9.28. The van der Waals surface area contributed by atoms with Crippen molar-refractivity contribution >= 4 is 18.4 Å². The van der Waals surface area contributed by atoms with Crippen LogP contribution in [0.2, 0.25) is 0 Å². The number of methoxy groups -OCH3 is 1. The van der Waals surface area contributed by atoms with Crippen LogP contribution in [-0.4, -0.2) is 41.2 Å². The highest BCUT2D eigenvalue weighted by molar-refractivity contribution is 5.88. The van der Waals surface area contributed by atoms with Gasteiger partial charge in [-0.25, -0.2) is 4.79 Å². The molecule has 1 saturated heterocycles. The van der Waals surface area contributed by atoms with Crippen LogP contribution in [0.4, 0.5) is 0 Å². The van der Waals surface area contributed by atoms with Gasteiger partial charge in [-0.05, 0) is 43.5 Å². The molecule has 1 aromatic heterocycles. The highest BCUT2D eigenvalue weighted by atomic mass is 35.5. The monoisotopic (exact) mass is 362 g/mol. The Hall–Kier alpha value is -2.11. The number of carboxylic acid groups (broad SMARTS) is 1. The molecule has 0 saturated carbocycles. The molecule has 1 fully saturated rings. The van der Waals surface area contributed by atoms with Gasteiger partial charge in [0, 0.05) is 24.8 Å². The van der Waals surface area contributed by atoms with Gasteiger partial charge in [0.2, 0.25) is 0 Å². The number of hydrogen-bond donors (Lipinski definition) is 1. The Morgan fingerprint density at radius 1 is 1.32 bits per heavy atom. The Morgan fingerprint density at radius 3 is 2.88 bits per heavy atom. The summed E-state index contributed by atoms with van der Waals surface area (Å²) < 4.78 is 5.42. The third kappa shape index (κ3) is 4.71. The first kappa shape index (κ1) is 19.2. The number of pyridine rings is 1. The maximum atomic E-state index is 11.3. The van der Waals surface area contributed by atoms with Gasteiger partial charge in [-0.3, -0.25) is 9.88 Å². The van der Waals surface area contributed by atoms with Crippen LogP contribution in [0, 0.1) is 5.92 Å². The van der Waals surface area contributed by atoms with E-state index in [0.29, 0.717) is 23.6 Å². The van der Waals surface area contributed by atoms with E-state index in [9.17, 15) is 9.90 Å². The van der Waals surface area contributed by atoms with Gasteiger partial charge in [0.1, 0.15) is 5.75 Å². The van der Waals surface area contributed by atoms with Crippen LogP contribution in [0.15, 0.2) is 42.6 Å². The molecule has 134 valence electrons. The van der Waals surface area contributed by atoms with Crippen molar-refractivity contribution in [3.8, 4) is 5.75 Å². The Morgan fingerprint density at radius 2 is 2.12 bits per heavy atom. The number of likely N-dealkylation sites (tertiary alicyclic amines) is 1. The first-order valence-corrected chi connectivity index (χ1v) is 8.19. The van der Waals surface area contributed by atoms with Crippen molar-refractivity contribution in [3.63, 3.8) is 0 Å². The molecule has 25 heavy (non-hydrogen) atoms. The molecule has 2 aromatic rings. The highest BCUT2D eigenvalue weighted by Crippen LogP contribution is 2.26. The van der Waals surface area contributed by atoms with Crippen LogP contribution >= 0.6 is 12.4 Å². The molecule has 3 rings (SSSR count). The normalized spacial score (nSPS) is 17.1. The molecule has 0 spiro atoms. The zero-order valence-electron chi connectivity index (χ0n) is 14.2. The molecular weight excluding hydrogens is 340 g/mol.